The number of nitrogens with one attached hydrogen (secondary N) is 2. The van der Waals surface area contributed by atoms with Gasteiger partial charge in [0, 0.05) is 12.6 Å². The molecule has 29 heavy (non-hydrogen) atoms. The Morgan fingerprint density at radius 3 is 2.31 bits per heavy atom. The molecule has 0 radical (unpaired) electrons. The number of nitrogens with zero attached hydrogens (tertiary/aromatic N) is 1. The predicted octanol–water partition coefficient (Wildman–Crippen LogP) is 2.22. The molecule has 0 aromatic heterocycles. The SMILES string of the molecule is C[C@@H]1CCCN1C(=O)C(CC1CCCCC1)NC(=O)N[C@@H](CCCCN)C(=O)O. The number of likely N-dealkylation sites (tertiary alicyclic amines) is 1. The Labute approximate surface area is 174 Å². The van der Waals surface area contributed by atoms with E-state index in [9.17, 15) is 19.5 Å². The van der Waals surface area contributed by atoms with E-state index in [1.807, 2.05) is 11.8 Å². The molecule has 166 valence electrons. The first-order valence-electron chi connectivity index (χ1n) is 11.2. The van der Waals surface area contributed by atoms with Gasteiger partial charge >= 0.3 is 12.0 Å². The fraction of sp³-hybridized carbons (Fsp3) is 0.857. The molecule has 0 bridgehead atoms. The van der Waals surface area contributed by atoms with Crippen LogP contribution in [0.1, 0.15) is 77.6 Å². The van der Waals surface area contributed by atoms with Gasteiger partial charge in [-0.15, -0.1) is 0 Å². The van der Waals surface area contributed by atoms with Crippen molar-refractivity contribution in [3.05, 3.63) is 0 Å². The van der Waals surface area contributed by atoms with Crippen molar-refractivity contribution in [1.82, 2.24) is 15.5 Å². The van der Waals surface area contributed by atoms with Crippen LogP contribution in [-0.2, 0) is 9.59 Å². The molecule has 1 saturated carbocycles. The van der Waals surface area contributed by atoms with Crippen molar-refractivity contribution >= 4 is 17.9 Å². The summed E-state index contributed by atoms with van der Waals surface area (Å²) >= 11 is 0. The van der Waals surface area contributed by atoms with Crippen molar-refractivity contribution in [2.24, 2.45) is 11.7 Å². The Hall–Kier alpha value is -1.83. The number of hydrogen-bond donors (Lipinski definition) is 4. The van der Waals surface area contributed by atoms with Crippen molar-refractivity contribution in [2.45, 2.75) is 95.7 Å². The second-order valence-corrected chi connectivity index (χ2v) is 8.61. The number of carbonyl (C=O) groups is 3. The maximum Gasteiger partial charge on any atom is 0.326 e. The molecule has 8 nitrogen and oxygen atoms in total. The number of unbranched alkanes of at least 4 members (excludes halogenated alkanes) is 1. The van der Waals surface area contributed by atoms with Crippen LogP contribution in [0.15, 0.2) is 0 Å². The number of hydrogen-bond acceptors (Lipinski definition) is 4. The van der Waals surface area contributed by atoms with Crippen LogP contribution >= 0.6 is 0 Å². The van der Waals surface area contributed by atoms with Gasteiger partial charge in [0.05, 0.1) is 0 Å². The summed E-state index contributed by atoms with van der Waals surface area (Å²) in [4.78, 5) is 39.0. The summed E-state index contributed by atoms with van der Waals surface area (Å²) in [6.45, 7) is 3.26. The lowest BCUT2D eigenvalue weighted by Gasteiger charge is -2.31. The summed E-state index contributed by atoms with van der Waals surface area (Å²) in [5.41, 5.74) is 5.46. The van der Waals surface area contributed by atoms with Gasteiger partial charge < -0.3 is 26.4 Å². The van der Waals surface area contributed by atoms with Crippen molar-refractivity contribution in [3.63, 3.8) is 0 Å². The van der Waals surface area contributed by atoms with Gasteiger partial charge in [0.2, 0.25) is 5.91 Å². The molecule has 1 heterocycles. The molecule has 0 spiro atoms. The summed E-state index contributed by atoms with van der Waals surface area (Å²) in [6.07, 6.45) is 9.99. The molecule has 2 aliphatic rings. The summed E-state index contributed by atoms with van der Waals surface area (Å²) in [5, 5.41) is 14.7. The van der Waals surface area contributed by atoms with Gasteiger partial charge in [-0.25, -0.2) is 9.59 Å². The number of urea groups is 1. The van der Waals surface area contributed by atoms with Crippen LogP contribution in [0.5, 0.6) is 0 Å². The van der Waals surface area contributed by atoms with Crippen LogP contribution in [0.3, 0.4) is 0 Å². The summed E-state index contributed by atoms with van der Waals surface area (Å²) in [6, 6.07) is -1.97. The van der Waals surface area contributed by atoms with Crippen LogP contribution < -0.4 is 16.4 Å². The largest absolute Gasteiger partial charge is 0.480 e. The predicted molar refractivity (Wildman–Crippen MR) is 111 cm³/mol. The molecule has 2 fully saturated rings. The Morgan fingerprint density at radius 1 is 1.03 bits per heavy atom. The van der Waals surface area contributed by atoms with E-state index in [0.717, 1.165) is 32.2 Å². The second-order valence-electron chi connectivity index (χ2n) is 8.61. The molecule has 8 heteroatoms. The van der Waals surface area contributed by atoms with E-state index in [2.05, 4.69) is 10.6 Å². The first kappa shape index (κ1) is 23.4. The van der Waals surface area contributed by atoms with E-state index in [1.54, 1.807) is 0 Å². The third kappa shape index (κ3) is 7.49. The lowest BCUT2D eigenvalue weighted by Crippen LogP contribution is -2.55. The van der Waals surface area contributed by atoms with E-state index < -0.39 is 24.1 Å². The summed E-state index contributed by atoms with van der Waals surface area (Å²) in [7, 11) is 0. The molecule has 1 unspecified atom stereocenters. The van der Waals surface area contributed by atoms with Gasteiger partial charge in [0.15, 0.2) is 0 Å². The lowest BCUT2D eigenvalue weighted by atomic mass is 9.84. The Balaban J connectivity index is 1.99. The van der Waals surface area contributed by atoms with Gasteiger partial charge in [-0.3, -0.25) is 4.79 Å². The maximum absolute atomic E-state index is 13.1. The molecule has 5 N–H and O–H groups in total. The van der Waals surface area contributed by atoms with Crippen molar-refractivity contribution in [3.8, 4) is 0 Å². The highest BCUT2D eigenvalue weighted by Gasteiger charge is 2.34. The maximum atomic E-state index is 13.1. The van der Waals surface area contributed by atoms with Crippen molar-refractivity contribution < 1.29 is 19.5 Å². The fourth-order valence-electron chi connectivity index (χ4n) is 4.55. The first-order chi connectivity index (χ1) is 13.9. The van der Waals surface area contributed by atoms with Gasteiger partial charge in [0.25, 0.3) is 0 Å². The molecular weight excluding hydrogens is 372 g/mol. The zero-order valence-corrected chi connectivity index (χ0v) is 17.7. The number of amides is 3. The molecule has 3 atom stereocenters. The summed E-state index contributed by atoms with van der Waals surface area (Å²) < 4.78 is 0. The molecule has 1 saturated heterocycles. The topological polar surface area (TPSA) is 125 Å². The van der Waals surface area contributed by atoms with Crippen LogP contribution in [0, 0.1) is 5.92 Å². The summed E-state index contributed by atoms with van der Waals surface area (Å²) in [5.74, 6) is -0.679. The number of nitrogens with two attached hydrogens (primary N) is 1. The molecule has 1 aliphatic heterocycles. The highest BCUT2D eigenvalue weighted by atomic mass is 16.4. The minimum atomic E-state index is -1.07. The minimum Gasteiger partial charge on any atom is -0.480 e. The number of rotatable bonds is 10. The van der Waals surface area contributed by atoms with E-state index in [1.165, 1.54) is 19.3 Å². The highest BCUT2D eigenvalue weighted by Crippen LogP contribution is 2.28. The molecule has 2 rings (SSSR count). The minimum absolute atomic E-state index is 0.0364. The van der Waals surface area contributed by atoms with Gasteiger partial charge in [-0.1, -0.05) is 32.1 Å². The number of carboxylic acid groups (broad SMARTS) is 1. The second kappa shape index (κ2) is 12.0. The van der Waals surface area contributed by atoms with Crippen molar-refractivity contribution in [2.75, 3.05) is 13.1 Å². The standard InChI is InChI=1S/C21H38N4O4/c1-15-8-7-13-25(15)19(26)18(14-16-9-3-2-4-10-16)24-21(29)23-17(20(27)28)11-5-6-12-22/h15-18H,2-14,22H2,1H3,(H,27,28)(H2,23,24,29)/t15-,17+,18?/m1/s1. The number of carboxylic acids is 1. The lowest BCUT2D eigenvalue weighted by molar-refractivity contribution is -0.139. The Morgan fingerprint density at radius 2 is 1.72 bits per heavy atom. The Bertz CT molecular complexity index is 551. The number of aliphatic carboxylic acids is 1. The Kier molecular flexibility index (Phi) is 9.70. The third-order valence-electron chi connectivity index (χ3n) is 6.28. The van der Waals surface area contributed by atoms with Crippen molar-refractivity contribution in [1.29, 1.82) is 0 Å². The first-order valence-corrected chi connectivity index (χ1v) is 11.2. The van der Waals surface area contributed by atoms with E-state index >= 15 is 0 Å². The van der Waals surface area contributed by atoms with Crippen LogP contribution in [-0.4, -0.2) is 59.1 Å². The average molecular weight is 411 g/mol. The normalized spacial score (nSPS) is 22.1. The highest BCUT2D eigenvalue weighted by molar-refractivity contribution is 5.89. The smallest absolute Gasteiger partial charge is 0.326 e. The van der Waals surface area contributed by atoms with E-state index in [0.29, 0.717) is 38.1 Å². The molecule has 3 amide bonds. The van der Waals surface area contributed by atoms with E-state index in [-0.39, 0.29) is 11.9 Å². The molecule has 0 aromatic rings. The van der Waals surface area contributed by atoms with Gasteiger partial charge in [-0.05, 0) is 57.9 Å². The van der Waals surface area contributed by atoms with Crippen LogP contribution in [0.25, 0.3) is 0 Å². The average Bonchev–Trinajstić information content (AvgIpc) is 3.13. The zero-order chi connectivity index (χ0) is 21.2. The van der Waals surface area contributed by atoms with Crippen LogP contribution in [0.2, 0.25) is 0 Å². The monoisotopic (exact) mass is 410 g/mol. The van der Waals surface area contributed by atoms with Crippen LogP contribution in [0.4, 0.5) is 4.79 Å². The molecule has 1 aliphatic carbocycles. The third-order valence-corrected chi connectivity index (χ3v) is 6.28. The number of carbonyl (C=O) groups excluding carboxylic acids is 2. The molecular formula is C21H38N4O4. The van der Waals surface area contributed by atoms with Gasteiger partial charge in [0.1, 0.15) is 12.1 Å². The van der Waals surface area contributed by atoms with Gasteiger partial charge in [-0.2, -0.15) is 0 Å². The van der Waals surface area contributed by atoms with E-state index in [4.69, 9.17) is 5.73 Å². The quantitative estimate of drug-likeness (QED) is 0.411. The fourth-order valence-corrected chi connectivity index (χ4v) is 4.55. The zero-order valence-electron chi connectivity index (χ0n) is 17.7. The molecule has 0 aromatic carbocycles.